The molecule has 1 N–H and O–H groups in total. The Labute approximate surface area is 87.5 Å². The normalized spacial score (nSPS) is 12.6. The summed E-state index contributed by atoms with van der Waals surface area (Å²) in [6.45, 7) is 3.21. The topological polar surface area (TPSA) is 29.5 Å². The molecular formula is C11H14F2O2. The van der Waals surface area contributed by atoms with Crippen LogP contribution >= 0.6 is 0 Å². The lowest BCUT2D eigenvalue weighted by atomic mass is 10.2. The van der Waals surface area contributed by atoms with E-state index in [0.29, 0.717) is 6.42 Å². The maximum absolute atomic E-state index is 13.3. The number of aliphatic hydroxyl groups is 1. The zero-order valence-corrected chi connectivity index (χ0v) is 8.76. The first-order chi connectivity index (χ1) is 7.08. The Morgan fingerprint density at radius 2 is 1.87 bits per heavy atom. The van der Waals surface area contributed by atoms with E-state index in [2.05, 4.69) is 0 Å². The van der Waals surface area contributed by atoms with Crippen LogP contribution in [0.25, 0.3) is 0 Å². The quantitative estimate of drug-likeness (QED) is 0.838. The fourth-order valence-electron chi connectivity index (χ4n) is 1.10. The largest absolute Gasteiger partial charge is 0.485 e. The molecule has 0 bridgehead atoms. The zero-order chi connectivity index (χ0) is 11.4. The zero-order valence-electron chi connectivity index (χ0n) is 8.76. The van der Waals surface area contributed by atoms with Crippen molar-refractivity contribution in [2.24, 2.45) is 0 Å². The van der Waals surface area contributed by atoms with Crippen LogP contribution in [0.1, 0.15) is 25.8 Å². The Morgan fingerprint density at radius 1 is 1.33 bits per heavy atom. The molecule has 0 saturated carbocycles. The van der Waals surface area contributed by atoms with Gasteiger partial charge in [-0.1, -0.05) is 6.92 Å². The van der Waals surface area contributed by atoms with Crippen LogP contribution in [0.3, 0.4) is 0 Å². The van der Waals surface area contributed by atoms with Crippen molar-refractivity contribution in [1.82, 2.24) is 0 Å². The van der Waals surface area contributed by atoms with Crippen molar-refractivity contribution in [3.05, 3.63) is 29.3 Å². The molecule has 2 nitrogen and oxygen atoms in total. The van der Waals surface area contributed by atoms with Gasteiger partial charge in [0.15, 0.2) is 17.4 Å². The van der Waals surface area contributed by atoms with Gasteiger partial charge in [-0.2, -0.15) is 0 Å². The summed E-state index contributed by atoms with van der Waals surface area (Å²) in [7, 11) is 0. The van der Waals surface area contributed by atoms with Crippen LogP contribution < -0.4 is 4.74 Å². The van der Waals surface area contributed by atoms with Crippen LogP contribution in [0.4, 0.5) is 8.78 Å². The van der Waals surface area contributed by atoms with Crippen molar-refractivity contribution >= 4 is 0 Å². The molecule has 0 spiro atoms. The fourth-order valence-corrected chi connectivity index (χ4v) is 1.10. The first-order valence-electron chi connectivity index (χ1n) is 4.83. The summed E-state index contributed by atoms with van der Waals surface area (Å²) in [5, 5.41) is 8.73. The molecule has 1 aromatic rings. The molecule has 0 amide bonds. The number of benzene rings is 1. The third-order valence-electron chi connectivity index (χ3n) is 2.13. The molecule has 0 radical (unpaired) electrons. The second-order valence-electron chi connectivity index (χ2n) is 3.38. The van der Waals surface area contributed by atoms with E-state index in [-0.39, 0.29) is 17.4 Å². The molecule has 84 valence electrons. The van der Waals surface area contributed by atoms with Gasteiger partial charge in [-0.25, -0.2) is 8.78 Å². The van der Waals surface area contributed by atoms with Gasteiger partial charge in [0.1, 0.15) is 0 Å². The summed E-state index contributed by atoms with van der Waals surface area (Å²) in [6.07, 6.45) is 0.426. The maximum atomic E-state index is 13.3. The van der Waals surface area contributed by atoms with Crippen molar-refractivity contribution in [2.45, 2.75) is 33.0 Å². The van der Waals surface area contributed by atoms with E-state index in [1.54, 1.807) is 6.92 Å². The Balaban J connectivity index is 2.98. The van der Waals surface area contributed by atoms with E-state index in [1.807, 2.05) is 6.92 Å². The molecule has 4 heteroatoms. The molecule has 15 heavy (non-hydrogen) atoms. The Kier molecular flexibility index (Phi) is 4.03. The van der Waals surface area contributed by atoms with E-state index in [1.165, 1.54) is 0 Å². The minimum absolute atomic E-state index is 0.196. The van der Waals surface area contributed by atoms with Gasteiger partial charge in [0.25, 0.3) is 0 Å². The van der Waals surface area contributed by atoms with Gasteiger partial charge in [0.05, 0.1) is 12.7 Å². The Morgan fingerprint density at radius 3 is 2.27 bits per heavy atom. The predicted molar refractivity (Wildman–Crippen MR) is 52.7 cm³/mol. The highest BCUT2D eigenvalue weighted by molar-refractivity contribution is 5.31. The summed E-state index contributed by atoms with van der Waals surface area (Å²) in [5.74, 6) is -1.93. The third-order valence-corrected chi connectivity index (χ3v) is 2.13. The number of aliphatic hydroxyl groups excluding tert-OH is 1. The average Bonchev–Trinajstić information content (AvgIpc) is 2.22. The second-order valence-corrected chi connectivity index (χ2v) is 3.38. The predicted octanol–water partition coefficient (Wildman–Crippen LogP) is 2.63. The van der Waals surface area contributed by atoms with E-state index < -0.39 is 18.2 Å². The molecule has 0 fully saturated rings. The molecule has 0 saturated heterocycles. The molecule has 1 rings (SSSR count). The second kappa shape index (κ2) is 5.07. The summed E-state index contributed by atoms with van der Waals surface area (Å²) in [5.41, 5.74) is 0.196. The van der Waals surface area contributed by atoms with Gasteiger partial charge >= 0.3 is 0 Å². The highest BCUT2D eigenvalue weighted by Crippen LogP contribution is 2.24. The fraction of sp³-hybridized carbons (Fsp3) is 0.455. The van der Waals surface area contributed by atoms with Crippen molar-refractivity contribution in [1.29, 1.82) is 0 Å². The van der Waals surface area contributed by atoms with Gasteiger partial charge in [0, 0.05) is 0 Å². The smallest absolute Gasteiger partial charge is 0.191 e. The summed E-state index contributed by atoms with van der Waals surface area (Å²) < 4.78 is 31.7. The molecule has 0 aromatic heterocycles. The molecular weight excluding hydrogens is 202 g/mol. The molecule has 0 aliphatic carbocycles. The van der Waals surface area contributed by atoms with Crippen LogP contribution in [0.5, 0.6) is 5.75 Å². The molecule has 0 aliphatic rings. The van der Waals surface area contributed by atoms with Gasteiger partial charge in [0.2, 0.25) is 0 Å². The minimum atomic E-state index is -0.778. The van der Waals surface area contributed by atoms with Crippen LogP contribution in [0, 0.1) is 11.6 Å². The van der Waals surface area contributed by atoms with Crippen molar-refractivity contribution in [2.75, 3.05) is 0 Å². The maximum Gasteiger partial charge on any atom is 0.191 e. The van der Waals surface area contributed by atoms with Gasteiger partial charge in [-0.15, -0.1) is 0 Å². The van der Waals surface area contributed by atoms with Gasteiger partial charge in [-0.3, -0.25) is 0 Å². The number of rotatable bonds is 4. The monoisotopic (exact) mass is 216 g/mol. The van der Waals surface area contributed by atoms with Gasteiger partial charge in [-0.05, 0) is 31.0 Å². The standard InChI is InChI=1S/C11H14F2O2/c1-3-7(2)15-11-9(12)4-8(6-14)5-10(11)13/h4-5,7,14H,3,6H2,1-2H3. The van der Waals surface area contributed by atoms with E-state index >= 15 is 0 Å². The van der Waals surface area contributed by atoms with Crippen LogP contribution in [-0.4, -0.2) is 11.2 Å². The third kappa shape index (κ3) is 2.89. The lowest BCUT2D eigenvalue weighted by molar-refractivity contribution is 0.197. The number of hydrogen-bond acceptors (Lipinski definition) is 2. The molecule has 0 heterocycles. The first-order valence-corrected chi connectivity index (χ1v) is 4.83. The highest BCUT2D eigenvalue weighted by atomic mass is 19.1. The van der Waals surface area contributed by atoms with Crippen LogP contribution in [0.15, 0.2) is 12.1 Å². The highest BCUT2D eigenvalue weighted by Gasteiger charge is 2.14. The molecule has 1 atom stereocenters. The molecule has 1 unspecified atom stereocenters. The minimum Gasteiger partial charge on any atom is -0.485 e. The lowest BCUT2D eigenvalue weighted by Gasteiger charge is -2.14. The number of hydrogen-bond donors (Lipinski definition) is 1. The SMILES string of the molecule is CCC(C)Oc1c(F)cc(CO)cc1F. The van der Waals surface area contributed by atoms with E-state index in [4.69, 9.17) is 9.84 Å². The molecule has 0 aliphatic heterocycles. The van der Waals surface area contributed by atoms with Crippen molar-refractivity contribution in [3.63, 3.8) is 0 Å². The number of halogens is 2. The van der Waals surface area contributed by atoms with Crippen molar-refractivity contribution < 1.29 is 18.6 Å². The van der Waals surface area contributed by atoms with Crippen LogP contribution in [0.2, 0.25) is 0 Å². The first kappa shape index (κ1) is 11.9. The van der Waals surface area contributed by atoms with Crippen LogP contribution in [-0.2, 0) is 6.61 Å². The van der Waals surface area contributed by atoms with Gasteiger partial charge < -0.3 is 9.84 Å². The average molecular weight is 216 g/mol. The summed E-state index contributed by atoms with van der Waals surface area (Å²) >= 11 is 0. The van der Waals surface area contributed by atoms with E-state index in [0.717, 1.165) is 12.1 Å². The van der Waals surface area contributed by atoms with E-state index in [9.17, 15) is 8.78 Å². The lowest BCUT2D eigenvalue weighted by Crippen LogP contribution is -2.12. The number of ether oxygens (including phenoxy) is 1. The molecule has 1 aromatic carbocycles. The summed E-state index contributed by atoms with van der Waals surface area (Å²) in [4.78, 5) is 0. The Bertz CT molecular complexity index is 316. The summed E-state index contributed by atoms with van der Waals surface area (Å²) in [6, 6.07) is 2.14. The van der Waals surface area contributed by atoms with Crippen molar-refractivity contribution in [3.8, 4) is 5.75 Å². The Hall–Kier alpha value is -1.16.